The summed E-state index contributed by atoms with van der Waals surface area (Å²) < 4.78 is 0. The predicted molar refractivity (Wildman–Crippen MR) is 100 cm³/mol. The third-order valence-electron chi connectivity index (χ3n) is 3.17. The van der Waals surface area contributed by atoms with Crippen molar-refractivity contribution in [1.29, 1.82) is 0 Å². The van der Waals surface area contributed by atoms with E-state index in [-0.39, 0.29) is 16.9 Å². The summed E-state index contributed by atoms with van der Waals surface area (Å²) in [7, 11) is 0. The summed E-state index contributed by atoms with van der Waals surface area (Å²) in [5.74, 6) is -0.388. The van der Waals surface area contributed by atoms with Crippen LogP contribution in [0.25, 0.3) is 0 Å². The molecule has 0 atom stereocenters. The van der Waals surface area contributed by atoms with Gasteiger partial charge in [-0.15, -0.1) is 0 Å². The van der Waals surface area contributed by atoms with Crippen molar-refractivity contribution in [1.82, 2.24) is 5.32 Å². The van der Waals surface area contributed by atoms with Gasteiger partial charge in [-0.1, -0.05) is 17.2 Å². The fourth-order valence-electron chi connectivity index (χ4n) is 2.28. The summed E-state index contributed by atoms with van der Waals surface area (Å²) in [5.41, 5.74) is 4.02. The second-order valence-electron chi connectivity index (χ2n) is 5.54. The summed E-state index contributed by atoms with van der Waals surface area (Å²) in [5, 5.41) is 8.49. The van der Waals surface area contributed by atoms with Crippen LogP contribution in [0.5, 0.6) is 0 Å². The van der Waals surface area contributed by atoms with Crippen LogP contribution in [0.3, 0.4) is 0 Å². The Morgan fingerprint density at radius 2 is 1.38 bits per heavy atom. The van der Waals surface area contributed by atoms with E-state index in [0.29, 0.717) is 11.3 Å². The molecule has 0 aliphatic carbocycles. The summed E-state index contributed by atoms with van der Waals surface area (Å²) in [6.07, 6.45) is 0. The van der Waals surface area contributed by atoms with E-state index in [2.05, 4.69) is 16.0 Å². The molecular formula is C18H19N3O2S. The molecule has 0 fully saturated rings. The van der Waals surface area contributed by atoms with Gasteiger partial charge in [-0.3, -0.25) is 14.9 Å². The van der Waals surface area contributed by atoms with E-state index >= 15 is 0 Å². The standard InChI is InChI=1S/C18H19N3O2S/c1-11-8-12(2)10-14(9-11)17(23)21-18(24)20-16-6-4-15(5-7-16)19-13(3)22/h4-10H,1-3H3,(H,19,22)(H2,20,21,23,24). The van der Waals surface area contributed by atoms with Crippen LogP contribution in [0.4, 0.5) is 11.4 Å². The first-order valence-corrected chi connectivity index (χ1v) is 7.82. The van der Waals surface area contributed by atoms with E-state index in [9.17, 15) is 9.59 Å². The van der Waals surface area contributed by atoms with Crippen molar-refractivity contribution in [3.05, 3.63) is 59.2 Å². The topological polar surface area (TPSA) is 70.2 Å². The van der Waals surface area contributed by atoms with Gasteiger partial charge in [0.05, 0.1) is 0 Å². The quantitative estimate of drug-likeness (QED) is 0.749. The number of carbonyl (C=O) groups excluding carboxylic acids is 2. The Labute approximate surface area is 146 Å². The van der Waals surface area contributed by atoms with Gasteiger partial charge in [-0.25, -0.2) is 0 Å². The van der Waals surface area contributed by atoms with Gasteiger partial charge in [0.2, 0.25) is 5.91 Å². The number of anilines is 2. The lowest BCUT2D eigenvalue weighted by Gasteiger charge is -2.11. The molecule has 0 aliphatic heterocycles. The lowest BCUT2D eigenvalue weighted by molar-refractivity contribution is -0.114. The minimum Gasteiger partial charge on any atom is -0.332 e. The Kier molecular flexibility index (Phi) is 5.65. The second-order valence-corrected chi connectivity index (χ2v) is 5.95. The number of carbonyl (C=O) groups is 2. The SMILES string of the molecule is CC(=O)Nc1ccc(NC(=S)NC(=O)c2cc(C)cc(C)c2)cc1. The van der Waals surface area contributed by atoms with E-state index in [1.807, 2.05) is 32.0 Å². The lowest BCUT2D eigenvalue weighted by Crippen LogP contribution is -2.34. The molecular weight excluding hydrogens is 322 g/mol. The van der Waals surface area contributed by atoms with Gasteiger partial charge in [-0.2, -0.15) is 0 Å². The molecule has 0 aliphatic rings. The molecule has 0 heterocycles. The van der Waals surface area contributed by atoms with Gasteiger partial charge in [-0.05, 0) is 62.5 Å². The van der Waals surface area contributed by atoms with Gasteiger partial charge in [0, 0.05) is 23.9 Å². The van der Waals surface area contributed by atoms with Crippen molar-refractivity contribution in [3.63, 3.8) is 0 Å². The Balaban J connectivity index is 1.97. The molecule has 0 radical (unpaired) electrons. The van der Waals surface area contributed by atoms with Crippen LogP contribution in [0.1, 0.15) is 28.4 Å². The monoisotopic (exact) mass is 341 g/mol. The Bertz CT molecular complexity index is 765. The molecule has 0 unspecified atom stereocenters. The molecule has 2 aromatic rings. The fraction of sp³-hybridized carbons (Fsp3) is 0.167. The number of rotatable bonds is 3. The minimum atomic E-state index is -0.255. The van der Waals surface area contributed by atoms with Crippen LogP contribution in [0.15, 0.2) is 42.5 Å². The molecule has 0 saturated carbocycles. The molecule has 5 nitrogen and oxygen atoms in total. The number of hydrogen-bond acceptors (Lipinski definition) is 3. The average molecular weight is 341 g/mol. The van der Waals surface area contributed by atoms with Crippen molar-refractivity contribution in [2.45, 2.75) is 20.8 Å². The van der Waals surface area contributed by atoms with Crippen molar-refractivity contribution in [2.75, 3.05) is 10.6 Å². The minimum absolute atomic E-state index is 0.132. The first-order chi connectivity index (χ1) is 11.3. The maximum Gasteiger partial charge on any atom is 0.257 e. The Morgan fingerprint density at radius 3 is 1.88 bits per heavy atom. The molecule has 2 amide bonds. The third kappa shape index (κ3) is 5.17. The molecule has 0 saturated heterocycles. The van der Waals surface area contributed by atoms with Gasteiger partial charge >= 0.3 is 0 Å². The molecule has 2 rings (SSSR count). The highest BCUT2D eigenvalue weighted by molar-refractivity contribution is 7.80. The smallest absolute Gasteiger partial charge is 0.257 e. The molecule has 3 N–H and O–H groups in total. The number of hydrogen-bond donors (Lipinski definition) is 3. The third-order valence-corrected chi connectivity index (χ3v) is 3.38. The first kappa shape index (κ1) is 17.6. The van der Waals surface area contributed by atoms with Crippen LogP contribution < -0.4 is 16.0 Å². The molecule has 124 valence electrons. The molecule has 0 aromatic heterocycles. The van der Waals surface area contributed by atoms with Crippen LogP contribution in [0.2, 0.25) is 0 Å². The number of aryl methyl sites for hydroxylation is 2. The van der Waals surface area contributed by atoms with Crippen molar-refractivity contribution >= 4 is 40.5 Å². The zero-order valence-electron chi connectivity index (χ0n) is 13.8. The fourth-order valence-corrected chi connectivity index (χ4v) is 2.49. The number of nitrogens with one attached hydrogen (secondary N) is 3. The molecule has 0 spiro atoms. The number of amides is 2. The highest BCUT2D eigenvalue weighted by Gasteiger charge is 2.09. The zero-order valence-corrected chi connectivity index (χ0v) is 14.6. The number of thiocarbonyl (C=S) groups is 1. The Hall–Kier alpha value is -2.73. The van der Waals surface area contributed by atoms with Gasteiger partial charge in [0.25, 0.3) is 5.91 Å². The van der Waals surface area contributed by atoms with E-state index in [1.54, 1.807) is 24.3 Å². The second kappa shape index (κ2) is 7.70. The van der Waals surface area contributed by atoms with Crippen LogP contribution in [-0.4, -0.2) is 16.9 Å². The normalized spacial score (nSPS) is 9.96. The van der Waals surface area contributed by atoms with E-state index in [0.717, 1.165) is 16.8 Å². The van der Waals surface area contributed by atoms with Gasteiger partial charge < -0.3 is 10.6 Å². The number of benzene rings is 2. The summed E-state index contributed by atoms with van der Waals surface area (Å²) >= 11 is 5.17. The van der Waals surface area contributed by atoms with E-state index < -0.39 is 0 Å². The van der Waals surface area contributed by atoms with Gasteiger partial charge in [0.1, 0.15) is 0 Å². The summed E-state index contributed by atoms with van der Waals surface area (Å²) in [6.45, 7) is 5.33. The highest BCUT2D eigenvalue weighted by atomic mass is 32.1. The van der Waals surface area contributed by atoms with Crippen molar-refractivity contribution < 1.29 is 9.59 Å². The maximum absolute atomic E-state index is 12.2. The van der Waals surface area contributed by atoms with Gasteiger partial charge in [0.15, 0.2) is 5.11 Å². The summed E-state index contributed by atoms with van der Waals surface area (Å²) in [4.78, 5) is 23.2. The maximum atomic E-state index is 12.2. The Morgan fingerprint density at radius 1 is 0.875 bits per heavy atom. The molecule has 0 bridgehead atoms. The summed E-state index contributed by atoms with van der Waals surface area (Å²) in [6, 6.07) is 12.7. The highest BCUT2D eigenvalue weighted by Crippen LogP contribution is 2.13. The zero-order chi connectivity index (χ0) is 17.7. The molecule has 24 heavy (non-hydrogen) atoms. The van der Waals surface area contributed by atoms with Crippen molar-refractivity contribution in [3.8, 4) is 0 Å². The van der Waals surface area contributed by atoms with Crippen molar-refractivity contribution in [2.24, 2.45) is 0 Å². The average Bonchev–Trinajstić information content (AvgIpc) is 2.47. The van der Waals surface area contributed by atoms with Crippen LogP contribution in [0, 0.1) is 13.8 Å². The largest absolute Gasteiger partial charge is 0.332 e. The van der Waals surface area contributed by atoms with Crippen LogP contribution in [-0.2, 0) is 4.79 Å². The molecule has 2 aromatic carbocycles. The molecule has 6 heteroatoms. The van der Waals surface area contributed by atoms with E-state index in [1.165, 1.54) is 6.92 Å². The van der Waals surface area contributed by atoms with Crippen LogP contribution >= 0.6 is 12.2 Å². The lowest BCUT2D eigenvalue weighted by atomic mass is 10.1. The predicted octanol–water partition coefficient (Wildman–Crippen LogP) is 3.39. The first-order valence-electron chi connectivity index (χ1n) is 7.42. The van der Waals surface area contributed by atoms with E-state index in [4.69, 9.17) is 12.2 Å².